The number of morpholine rings is 1. The number of alkyl halides is 3. The molecule has 2 aliphatic rings. The molecule has 2 heterocycles. The first-order chi connectivity index (χ1) is 12.7. The van der Waals surface area contributed by atoms with E-state index in [9.17, 15) is 13.2 Å². The standard InChI is InChI=1S/C18H34F3N5O/c1-14(2)16(25-9-11-27-12-10-25)13-23-17(22-4)26-7-5-24(6-8-26)15(3)18(19,20)21/h14-16H,5-13H2,1-4H3,(H,22,23). The first-order valence-electron chi connectivity index (χ1n) is 9.82. The summed E-state index contributed by atoms with van der Waals surface area (Å²) < 4.78 is 44.2. The quantitative estimate of drug-likeness (QED) is 0.566. The van der Waals surface area contributed by atoms with Crippen molar-refractivity contribution in [3.05, 3.63) is 0 Å². The number of guanidine groups is 1. The fourth-order valence-electron chi connectivity index (χ4n) is 3.75. The Balaban J connectivity index is 1.86. The maximum Gasteiger partial charge on any atom is 0.403 e. The van der Waals surface area contributed by atoms with Gasteiger partial charge in [0.1, 0.15) is 6.04 Å². The summed E-state index contributed by atoms with van der Waals surface area (Å²) in [5.41, 5.74) is 0. The van der Waals surface area contributed by atoms with Crippen molar-refractivity contribution in [1.29, 1.82) is 0 Å². The van der Waals surface area contributed by atoms with Crippen LogP contribution in [-0.2, 0) is 4.74 Å². The van der Waals surface area contributed by atoms with Crippen LogP contribution in [0.4, 0.5) is 13.2 Å². The predicted octanol–water partition coefficient (Wildman–Crippen LogP) is 1.49. The predicted molar refractivity (Wildman–Crippen MR) is 101 cm³/mol. The molecule has 0 bridgehead atoms. The maximum atomic E-state index is 12.9. The summed E-state index contributed by atoms with van der Waals surface area (Å²) in [5.74, 6) is 1.26. The molecule has 158 valence electrons. The molecule has 0 amide bonds. The molecular weight excluding hydrogens is 359 g/mol. The van der Waals surface area contributed by atoms with Gasteiger partial charge in [-0.05, 0) is 12.8 Å². The van der Waals surface area contributed by atoms with Gasteiger partial charge in [0.05, 0.1) is 13.2 Å². The van der Waals surface area contributed by atoms with Gasteiger partial charge in [-0.1, -0.05) is 13.8 Å². The number of aliphatic imine (C=N–C) groups is 1. The summed E-state index contributed by atoms with van der Waals surface area (Å²) in [4.78, 5) is 10.3. The molecule has 0 saturated carbocycles. The lowest BCUT2D eigenvalue weighted by Crippen LogP contribution is -2.58. The van der Waals surface area contributed by atoms with E-state index in [1.54, 1.807) is 7.05 Å². The lowest BCUT2D eigenvalue weighted by molar-refractivity contribution is -0.181. The third-order valence-corrected chi connectivity index (χ3v) is 5.60. The fraction of sp³-hybridized carbons (Fsp3) is 0.944. The van der Waals surface area contributed by atoms with Crippen LogP contribution in [0, 0.1) is 5.92 Å². The topological polar surface area (TPSA) is 43.3 Å². The average molecular weight is 393 g/mol. The van der Waals surface area contributed by atoms with Crippen molar-refractivity contribution < 1.29 is 17.9 Å². The smallest absolute Gasteiger partial charge is 0.379 e. The third kappa shape index (κ3) is 6.22. The molecule has 2 aliphatic heterocycles. The Morgan fingerprint density at radius 2 is 1.59 bits per heavy atom. The minimum absolute atomic E-state index is 0.372. The molecule has 0 aromatic rings. The van der Waals surface area contributed by atoms with Gasteiger partial charge >= 0.3 is 6.18 Å². The zero-order valence-electron chi connectivity index (χ0n) is 16.9. The van der Waals surface area contributed by atoms with Crippen LogP contribution in [0.15, 0.2) is 4.99 Å². The number of ether oxygens (including phenoxy) is 1. The molecule has 0 spiro atoms. The van der Waals surface area contributed by atoms with E-state index in [-0.39, 0.29) is 0 Å². The minimum Gasteiger partial charge on any atom is -0.379 e. The molecule has 2 rings (SSSR count). The SMILES string of the molecule is CN=C(NCC(C(C)C)N1CCOCC1)N1CCN(C(C)C(F)(F)F)CC1. The number of nitrogens with zero attached hydrogens (tertiary/aromatic N) is 4. The van der Waals surface area contributed by atoms with Crippen molar-refractivity contribution in [3.63, 3.8) is 0 Å². The zero-order chi connectivity index (χ0) is 20.0. The van der Waals surface area contributed by atoms with Gasteiger partial charge in [0.2, 0.25) is 0 Å². The van der Waals surface area contributed by atoms with E-state index in [0.29, 0.717) is 38.1 Å². The molecule has 0 radical (unpaired) electrons. The lowest BCUT2D eigenvalue weighted by atomic mass is 10.0. The van der Waals surface area contributed by atoms with Crippen LogP contribution in [0.2, 0.25) is 0 Å². The first kappa shape index (κ1) is 22.2. The highest BCUT2D eigenvalue weighted by molar-refractivity contribution is 5.80. The Labute approximate surface area is 160 Å². The summed E-state index contributed by atoms with van der Waals surface area (Å²) in [6, 6.07) is -1.03. The second-order valence-electron chi connectivity index (χ2n) is 7.63. The number of piperazine rings is 1. The molecule has 0 aromatic heterocycles. The van der Waals surface area contributed by atoms with Gasteiger partial charge in [-0.3, -0.25) is 14.8 Å². The first-order valence-corrected chi connectivity index (χ1v) is 9.82. The van der Waals surface area contributed by atoms with Crippen LogP contribution in [0.5, 0.6) is 0 Å². The van der Waals surface area contributed by atoms with Crippen LogP contribution in [0.1, 0.15) is 20.8 Å². The molecule has 2 unspecified atom stereocenters. The number of nitrogens with one attached hydrogen (secondary N) is 1. The van der Waals surface area contributed by atoms with E-state index < -0.39 is 12.2 Å². The Hall–Kier alpha value is -1.06. The third-order valence-electron chi connectivity index (χ3n) is 5.60. The molecule has 9 heteroatoms. The molecule has 0 aromatic carbocycles. The number of rotatable bonds is 5. The van der Waals surface area contributed by atoms with Crippen molar-refractivity contribution in [2.45, 2.75) is 39.0 Å². The second-order valence-corrected chi connectivity index (χ2v) is 7.63. The highest BCUT2D eigenvalue weighted by Crippen LogP contribution is 2.25. The fourth-order valence-corrected chi connectivity index (χ4v) is 3.75. The van der Waals surface area contributed by atoms with Crippen molar-refractivity contribution in [2.24, 2.45) is 10.9 Å². The summed E-state index contributed by atoms with van der Waals surface area (Å²) in [7, 11) is 1.73. The van der Waals surface area contributed by atoms with E-state index in [0.717, 1.165) is 38.8 Å². The van der Waals surface area contributed by atoms with E-state index in [4.69, 9.17) is 4.74 Å². The monoisotopic (exact) mass is 393 g/mol. The highest BCUT2D eigenvalue weighted by Gasteiger charge is 2.41. The highest BCUT2D eigenvalue weighted by atomic mass is 19.4. The van der Waals surface area contributed by atoms with E-state index >= 15 is 0 Å². The Morgan fingerprint density at radius 3 is 2.07 bits per heavy atom. The number of halogens is 3. The van der Waals surface area contributed by atoms with Gasteiger partial charge in [0, 0.05) is 58.9 Å². The van der Waals surface area contributed by atoms with Crippen molar-refractivity contribution in [3.8, 4) is 0 Å². The van der Waals surface area contributed by atoms with Crippen LogP contribution in [0.3, 0.4) is 0 Å². The molecular formula is C18H34F3N5O. The van der Waals surface area contributed by atoms with Gasteiger partial charge in [-0.15, -0.1) is 0 Å². The molecule has 6 nitrogen and oxygen atoms in total. The Kier molecular flexibility index (Phi) is 8.18. The number of hydrogen-bond acceptors (Lipinski definition) is 4. The van der Waals surface area contributed by atoms with Gasteiger partial charge in [-0.25, -0.2) is 0 Å². The molecule has 27 heavy (non-hydrogen) atoms. The Bertz CT molecular complexity index is 472. The molecule has 2 atom stereocenters. The largest absolute Gasteiger partial charge is 0.403 e. The van der Waals surface area contributed by atoms with E-state index in [1.807, 2.05) is 0 Å². The normalized spacial score (nSPS) is 23.6. The number of hydrogen-bond donors (Lipinski definition) is 1. The van der Waals surface area contributed by atoms with Crippen molar-refractivity contribution in [1.82, 2.24) is 20.0 Å². The Morgan fingerprint density at radius 1 is 1.00 bits per heavy atom. The van der Waals surface area contributed by atoms with Crippen LogP contribution in [0.25, 0.3) is 0 Å². The van der Waals surface area contributed by atoms with Crippen molar-refractivity contribution >= 4 is 5.96 Å². The average Bonchev–Trinajstić information content (AvgIpc) is 2.64. The summed E-state index contributed by atoms with van der Waals surface area (Å²) in [6.07, 6.45) is -4.18. The van der Waals surface area contributed by atoms with Crippen LogP contribution < -0.4 is 5.32 Å². The molecule has 2 fully saturated rings. The minimum atomic E-state index is -4.18. The van der Waals surface area contributed by atoms with E-state index in [1.165, 1.54) is 11.8 Å². The molecule has 2 saturated heterocycles. The maximum absolute atomic E-state index is 12.9. The van der Waals surface area contributed by atoms with Crippen LogP contribution in [-0.4, -0.2) is 105 Å². The van der Waals surface area contributed by atoms with E-state index in [2.05, 4.69) is 34.0 Å². The van der Waals surface area contributed by atoms with Crippen LogP contribution >= 0.6 is 0 Å². The molecule has 0 aliphatic carbocycles. The van der Waals surface area contributed by atoms with Gasteiger partial charge in [0.15, 0.2) is 5.96 Å². The molecule has 1 N–H and O–H groups in total. The summed E-state index contributed by atoms with van der Waals surface area (Å²) in [5, 5.41) is 3.44. The lowest BCUT2D eigenvalue weighted by Gasteiger charge is -2.41. The summed E-state index contributed by atoms with van der Waals surface area (Å²) in [6.45, 7) is 11.7. The van der Waals surface area contributed by atoms with Gasteiger partial charge < -0.3 is 15.0 Å². The second kappa shape index (κ2) is 9.93. The van der Waals surface area contributed by atoms with Crippen molar-refractivity contribution in [2.75, 3.05) is 66.1 Å². The van der Waals surface area contributed by atoms with Gasteiger partial charge in [0.25, 0.3) is 0 Å². The zero-order valence-corrected chi connectivity index (χ0v) is 16.9. The van der Waals surface area contributed by atoms with Gasteiger partial charge in [-0.2, -0.15) is 13.2 Å². The summed E-state index contributed by atoms with van der Waals surface area (Å²) >= 11 is 0.